The fraction of sp³-hybridized carbons (Fsp3) is 0.526. The summed E-state index contributed by atoms with van der Waals surface area (Å²) >= 11 is 0. The fourth-order valence-electron chi connectivity index (χ4n) is 4.01. The van der Waals surface area contributed by atoms with E-state index in [-0.39, 0.29) is 30.1 Å². The summed E-state index contributed by atoms with van der Waals surface area (Å²) in [5, 5.41) is 5.63. The Hall–Kier alpha value is -2.57. The van der Waals surface area contributed by atoms with Crippen LogP contribution in [0.4, 0.5) is 11.4 Å². The summed E-state index contributed by atoms with van der Waals surface area (Å²) in [5.41, 5.74) is 1.12. The van der Waals surface area contributed by atoms with Crippen LogP contribution in [-0.4, -0.2) is 41.3 Å². The van der Waals surface area contributed by atoms with Crippen LogP contribution in [0.15, 0.2) is 18.2 Å². The van der Waals surface area contributed by atoms with Crippen molar-refractivity contribution in [3.8, 4) is 5.75 Å². The molecule has 7 heteroatoms. The number of amides is 3. The Morgan fingerprint density at radius 1 is 1.27 bits per heavy atom. The van der Waals surface area contributed by atoms with Crippen molar-refractivity contribution in [3.63, 3.8) is 0 Å². The van der Waals surface area contributed by atoms with Crippen molar-refractivity contribution < 1.29 is 19.1 Å². The van der Waals surface area contributed by atoms with Gasteiger partial charge in [0.25, 0.3) is 5.91 Å². The predicted molar refractivity (Wildman–Crippen MR) is 95.9 cm³/mol. The lowest BCUT2D eigenvalue weighted by molar-refractivity contribution is -0.130. The zero-order valence-electron chi connectivity index (χ0n) is 14.8. The molecule has 0 radical (unpaired) electrons. The first kappa shape index (κ1) is 16.9. The Morgan fingerprint density at radius 2 is 2.04 bits per heavy atom. The van der Waals surface area contributed by atoms with E-state index in [1.54, 1.807) is 25.1 Å². The molecule has 1 saturated carbocycles. The van der Waals surface area contributed by atoms with Gasteiger partial charge in [-0.1, -0.05) is 12.8 Å². The third-order valence-corrected chi connectivity index (χ3v) is 5.47. The van der Waals surface area contributed by atoms with Gasteiger partial charge in [-0.3, -0.25) is 14.4 Å². The third kappa shape index (κ3) is 3.13. The molecule has 2 N–H and O–H groups in total. The summed E-state index contributed by atoms with van der Waals surface area (Å²) in [4.78, 5) is 38.5. The van der Waals surface area contributed by atoms with E-state index >= 15 is 0 Å². The molecule has 2 aliphatic heterocycles. The molecule has 1 aliphatic carbocycles. The zero-order valence-corrected chi connectivity index (χ0v) is 14.8. The van der Waals surface area contributed by atoms with Crippen LogP contribution in [0.25, 0.3) is 0 Å². The van der Waals surface area contributed by atoms with Crippen molar-refractivity contribution in [2.75, 3.05) is 17.2 Å². The van der Waals surface area contributed by atoms with E-state index in [0.29, 0.717) is 29.7 Å². The molecule has 2 heterocycles. The number of nitrogens with one attached hydrogen (secondary N) is 2. The second kappa shape index (κ2) is 6.63. The summed E-state index contributed by atoms with van der Waals surface area (Å²) in [6.45, 7) is 2.18. The number of ether oxygens (including phenoxy) is 1. The monoisotopic (exact) mass is 357 g/mol. The summed E-state index contributed by atoms with van der Waals surface area (Å²) in [6, 6.07) is 5.46. The molecular formula is C19H23N3O4. The molecule has 0 aromatic heterocycles. The van der Waals surface area contributed by atoms with Gasteiger partial charge in [0.2, 0.25) is 11.8 Å². The fourth-order valence-corrected chi connectivity index (χ4v) is 4.01. The lowest BCUT2D eigenvalue weighted by Crippen LogP contribution is -2.35. The second-order valence-electron chi connectivity index (χ2n) is 7.33. The number of hydrogen-bond acceptors (Lipinski definition) is 4. The highest BCUT2D eigenvalue weighted by molar-refractivity contribution is 6.00. The first-order valence-corrected chi connectivity index (χ1v) is 9.23. The Kier molecular flexibility index (Phi) is 4.30. The smallest absolute Gasteiger partial charge is 0.265 e. The summed E-state index contributed by atoms with van der Waals surface area (Å²) in [5.74, 6) is -0.0366. The van der Waals surface area contributed by atoms with Crippen LogP contribution < -0.4 is 15.4 Å². The van der Waals surface area contributed by atoms with Crippen LogP contribution in [0.2, 0.25) is 0 Å². The molecule has 0 spiro atoms. The number of carbonyl (C=O) groups excluding carboxylic acids is 3. The van der Waals surface area contributed by atoms with E-state index in [4.69, 9.17) is 4.74 Å². The van der Waals surface area contributed by atoms with E-state index in [1.165, 1.54) is 0 Å². The topological polar surface area (TPSA) is 87.7 Å². The van der Waals surface area contributed by atoms with Crippen molar-refractivity contribution >= 4 is 29.1 Å². The van der Waals surface area contributed by atoms with Gasteiger partial charge in [-0.25, -0.2) is 0 Å². The van der Waals surface area contributed by atoms with E-state index in [1.807, 2.05) is 4.90 Å². The molecule has 0 bridgehead atoms. The predicted octanol–water partition coefficient (Wildman–Crippen LogP) is 2.14. The average Bonchev–Trinajstić information content (AvgIpc) is 3.25. The molecule has 1 aromatic carbocycles. The Morgan fingerprint density at radius 3 is 2.81 bits per heavy atom. The quantitative estimate of drug-likeness (QED) is 0.867. The van der Waals surface area contributed by atoms with Crippen molar-refractivity contribution in [1.29, 1.82) is 0 Å². The maximum absolute atomic E-state index is 12.6. The number of fused-ring (bicyclic) bond motifs is 1. The molecule has 0 unspecified atom stereocenters. The molecular weight excluding hydrogens is 334 g/mol. The van der Waals surface area contributed by atoms with Gasteiger partial charge in [-0.15, -0.1) is 0 Å². The van der Waals surface area contributed by atoms with Gasteiger partial charge in [0, 0.05) is 24.7 Å². The number of carbonyl (C=O) groups is 3. The maximum atomic E-state index is 12.6. The largest absolute Gasteiger partial charge is 0.479 e. The van der Waals surface area contributed by atoms with Crippen LogP contribution >= 0.6 is 0 Å². The van der Waals surface area contributed by atoms with Gasteiger partial charge in [0.05, 0.1) is 11.6 Å². The Bertz CT molecular complexity index is 757. The highest BCUT2D eigenvalue weighted by atomic mass is 16.5. The molecule has 2 atom stereocenters. The summed E-state index contributed by atoms with van der Waals surface area (Å²) < 4.78 is 5.51. The van der Waals surface area contributed by atoms with E-state index in [9.17, 15) is 14.4 Å². The molecule has 138 valence electrons. The second-order valence-corrected chi connectivity index (χ2v) is 7.33. The number of hydrogen-bond donors (Lipinski definition) is 2. The van der Waals surface area contributed by atoms with Crippen molar-refractivity contribution in [2.45, 2.75) is 51.2 Å². The molecule has 26 heavy (non-hydrogen) atoms. The summed E-state index contributed by atoms with van der Waals surface area (Å²) in [6.07, 6.45) is 4.14. The first-order chi connectivity index (χ1) is 12.5. The number of rotatable bonds is 3. The van der Waals surface area contributed by atoms with Gasteiger partial charge in [0.15, 0.2) is 6.10 Å². The molecule has 7 nitrogen and oxygen atoms in total. The minimum absolute atomic E-state index is 0.0807. The molecule has 1 aromatic rings. The van der Waals surface area contributed by atoms with Crippen LogP contribution in [0.5, 0.6) is 5.75 Å². The number of benzene rings is 1. The molecule has 1 saturated heterocycles. The Labute approximate surface area is 152 Å². The SMILES string of the molecule is C[C@H]1Oc2ccc(NC(=O)[C@@H]3CC(=O)N(C4CCCC4)C3)cc2NC1=O. The van der Waals surface area contributed by atoms with Gasteiger partial charge in [-0.05, 0) is 38.0 Å². The summed E-state index contributed by atoms with van der Waals surface area (Å²) in [7, 11) is 0. The molecule has 3 aliphatic rings. The van der Waals surface area contributed by atoms with Crippen LogP contribution in [0.1, 0.15) is 39.0 Å². The van der Waals surface area contributed by atoms with Gasteiger partial charge in [-0.2, -0.15) is 0 Å². The van der Waals surface area contributed by atoms with E-state index in [2.05, 4.69) is 10.6 Å². The van der Waals surface area contributed by atoms with Crippen molar-refractivity contribution in [2.24, 2.45) is 5.92 Å². The number of anilines is 2. The molecule has 4 rings (SSSR count). The van der Waals surface area contributed by atoms with Crippen molar-refractivity contribution in [3.05, 3.63) is 18.2 Å². The number of nitrogens with zero attached hydrogens (tertiary/aromatic N) is 1. The van der Waals surface area contributed by atoms with E-state index < -0.39 is 6.10 Å². The molecule has 2 fully saturated rings. The van der Waals surface area contributed by atoms with Crippen molar-refractivity contribution in [1.82, 2.24) is 4.90 Å². The highest BCUT2D eigenvalue weighted by Crippen LogP contribution is 2.33. The minimum atomic E-state index is -0.533. The van der Waals surface area contributed by atoms with E-state index in [0.717, 1.165) is 25.7 Å². The highest BCUT2D eigenvalue weighted by Gasteiger charge is 2.38. The Balaban J connectivity index is 1.41. The lowest BCUT2D eigenvalue weighted by atomic mass is 10.1. The average molecular weight is 357 g/mol. The van der Waals surface area contributed by atoms with Crippen LogP contribution in [0.3, 0.4) is 0 Å². The maximum Gasteiger partial charge on any atom is 0.265 e. The standard InChI is InChI=1S/C19H23N3O4/c1-11-18(24)21-15-9-13(6-7-16(15)26-11)20-19(25)12-8-17(23)22(10-12)14-4-2-3-5-14/h6-7,9,11-12,14H,2-5,8,10H2,1H3,(H,20,25)(H,21,24)/t11-,12-/m1/s1. The third-order valence-electron chi connectivity index (χ3n) is 5.47. The minimum Gasteiger partial charge on any atom is -0.479 e. The van der Waals surface area contributed by atoms with Gasteiger partial charge in [0.1, 0.15) is 5.75 Å². The van der Waals surface area contributed by atoms with Gasteiger partial charge < -0.3 is 20.3 Å². The van der Waals surface area contributed by atoms with Crippen LogP contribution in [-0.2, 0) is 14.4 Å². The zero-order chi connectivity index (χ0) is 18.3. The lowest BCUT2D eigenvalue weighted by Gasteiger charge is -2.24. The first-order valence-electron chi connectivity index (χ1n) is 9.23. The van der Waals surface area contributed by atoms with Gasteiger partial charge >= 0.3 is 0 Å². The number of likely N-dealkylation sites (tertiary alicyclic amines) is 1. The normalized spacial score (nSPS) is 25.7. The molecule has 3 amide bonds. The van der Waals surface area contributed by atoms with Crippen LogP contribution in [0, 0.1) is 5.92 Å².